The van der Waals surface area contributed by atoms with Gasteiger partial charge in [0.1, 0.15) is 5.75 Å². The molecule has 3 rings (SSSR count). The summed E-state index contributed by atoms with van der Waals surface area (Å²) >= 11 is 0. The van der Waals surface area contributed by atoms with Crippen molar-refractivity contribution >= 4 is 0 Å². The van der Waals surface area contributed by atoms with E-state index < -0.39 is 0 Å². The number of hydrogen-bond acceptors (Lipinski definition) is 3. The molecule has 0 amide bonds. The van der Waals surface area contributed by atoms with Gasteiger partial charge in [-0.3, -0.25) is 4.90 Å². The van der Waals surface area contributed by atoms with Crippen molar-refractivity contribution in [3.63, 3.8) is 0 Å². The lowest BCUT2D eigenvalue weighted by Gasteiger charge is -2.42. The maximum absolute atomic E-state index is 6.00. The predicted molar refractivity (Wildman–Crippen MR) is 72.6 cm³/mol. The second-order valence-corrected chi connectivity index (χ2v) is 5.64. The Hall–Kier alpha value is -1.06. The fourth-order valence-electron chi connectivity index (χ4n) is 3.23. The Balaban J connectivity index is 1.86. The third kappa shape index (κ3) is 2.13. The maximum Gasteiger partial charge on any atom is 0.124 e. The van der Waals surface area contributed by atoms with Gasteiger partial charge in [0.05, 0.1) is 6.61 Å². The first-order valence-corrected chi connectivity index (χ1v) is 6.97. The van der Waals surface area contributed by atoms with Crippen molar-refractivity contribution in [3.8, 4) is 5.75 Å². The van der Waals surface area contributed by atoms with Gasteiger partial charge in [-0.1, -0.05) is 25.1 Å². The van der Waals surface area contributed by atoms with Crippen LogP contribution in [0.4, 0.5) is 0 Å². The van der Waals surface area contributed by atoms with Crippen LogP contribution in [0.25, 0.3) is 0 Å². The molecule has 3 nitrogen and oxygen atoms in total. The molecule has 0 aliphatic carbocycles. The lowest BCUT2D eigenvalue weighted by atomic mass is 9.89. The van der Waals surface area contributed by atoms with Crippen LogP contribution < -0.4 is 10.5 Å². The van der Waals surface area contributed by atoms with Gasteiger partial charge in [0.25, 0.3) is 0 Å². The normalized spacial score (nSPS) is 29.7. The van der Waals surface area contributed by atoms with E-state index >= 15 is 0 Å². The van der Waals surface area contributed by atoms with E-state index in [1.54, 1.807) is 0 Å². The molecule has 0 bridgehead atoms. The van der Waals surface area contributed by atoms with E-state index in [2.05, 4.69) is 36.1 Å². The van der Waals surface area contributed by atoms with Crippen molar-refractivity contribution < 1.29 is 4.74 Å². The topological polar surface area (TPSA) is 38.5 Å². The molecule has 98 valence electrons. The van der Waals surface area contributed by atoms with Crippen LogP contribution in [-0.4, -0.2) is 30.6 Å². The summed E-state index contributed by atoms with van der Waals surface area (Å²) < 4.78 is 5.83. The van der Waals surface area contributed by atoms with Gasteiger partial charge in [-0.2, -0.15) is 0 Å². The van der Waals surface area contributed by atoms with Crippen LogP contribution in [0.5, 0.6) is 5.75 Å². The molecule has 3 heteroatoms. The molecule has 1 aromatic rings. The number of benzene rings is 1. The number of hydrogen-bond donors (Lipinski definition) is 1. The molecule has 2 aliphatic heterocycles. The van der Waals surface area contributed by atoms with Crippen LogP contribution in [0.3, 0.4) is 0 Å². The van der Waals surface area contributed by atoms with Gasteiger partial charge in [-0.15, -0.1) is 0 Å². The third-order valence-electron chi connectivity index (χ3n) is 4.25. The Kier molecular flexibility index (Phi) is 3.27. The van der Waals surface area contributed by atoms with Crippen molar-refractivity contribution in [2.75, 3.05) is 19.7 Å². The summed E-state index contributed by atoms with van der Waals surface area (Å²) in [6.07, 6.45) is 2.23. The number of nitrogens with zero attached hydrogens (tertiary/aromatic N) is 1. The van der Waals surface area contributed by atoms with Crippen molar-refractivity contribution in [1.29, 1.82) is 0 Å². The van der Waals surface area contributed by atoms with E-state index in [-0.39, 0.29) is 0 Å². The number of piperidine rings is 1. The van der Waals surface area contributed by atoms with E-state index in [1.165, 1.54) is 5.56 Å². The number of rotatable bonds is 1. The van der Waals surface area contributed by atoms with Crippen LogP contribution in [0, 0.1) is 5.92 Å². The SMILES string of the molecule is CC1COc2ccccc2C1N1CCC(N)CC1. The minimum Gasteiger partial charge on any atom is -0.493 e. The molecule has 1 aromatic carbocycles. The van der Waals surface area contributed by atoms with Gasteiger partial charge in [0, 0.05) is 36.7 Å². The third-order valence-corrected chi connectivity index (χ3v) is 4.25. The van der Waals surface area contributed by atoms with Gasteiger partial charge in [-0.25, -0.2) is 0 Å². The Labute approximate surface area is 109 Å². The summed E-state index contributed by atoms with van der Waals surface area (Å²) in [4.78, 5) is 2.59. The first-order valence-electron chi connectivity index (χ1n) is 6.97. The Morgan fingerprint density at radius 1 is 1.22 bits per heavy atom. The molecule has 0 spiro atoms. The van der Waals surface area contributed by atoms with Gasteiger partial charge in [0.2, 0.25) is 0 Å². The van der Waals surface area contributed by atoms with Crippen LogP contribution in [0.15, 0.2) is 24.3 Å². The minimum atomic E-state index is 0.395. The Bertz CT molecular complexity index is 413. The average Bonchev–Trinajstić information content (AvgIpc) is 2.40. The molecule has 2 atom stereocenters. The molecule has 0 aromatic heterocycles. The molecule has 2 unspecified atom stereocenters. The van der Waals surface area contributed by atoms with Gasteiger partial charge in [0.15, 0.2) is 0 Å². The van der Waals surface area contributed by atoms with E-state index in [1.807, 2.05) is 0 Å². The second-order valence-electron chi connectivity index (χ2n) is 5.64. The van der Waals surface area contributed by atoms with Gasteiger partial charge < -0.3 is 10.5 Å². The van der Waals surface area contributed by atoms with Crippen molar-refractivity contribution in [2.24, 2.45) is 11.7 Å². The van der Waals surface area contributed by atoms with E-state index in [0.717, 1.165) is 38.3 Å². The minimum absolute atomic E-state index is 0.395. The summed E-state index contributed by atoms with van der Waals surface area (Å²) in [5.41, 5.74) is 7.36. The number of para-hydroxylation sites is 1. The van der Waals surface area contributed by atoms with E-state index in [0.29, 0.717) is 18.0 Å². The summed E-state index contributed by atoms with van der Waals surface area (Å²) in [5.74, 6) is 1.62. The zero-order chi connectivity index (χ0) is 12.5. The summed E-state index contributed by atoms with van der Waals surface area (Å²) in [7, 11) is 0. The summed E-state index contributed by atoms with van der Waals surface area (Å²) in [6.45, 7) is 5.34. The Morgan fingerprint density at radius 3 is 2.72 bits per heavy atom. The molecule has 0 radical (unpaired) electrons. The monoisotopic (exact) mass is 246 g/mol. The van der Waals surface area contributed by atoms with Crippen molar-refractivity contribution in [3.05, 3.63) is 29.8 Å². The first-order chi connectivity index (χ1) is 8.75. The molecule has 18 heavy (non-hydrogen) atoms. The molecule has 2 heterocycles. The first kappa shape index (κ1) is 12.0. The highest BCUT2D eigenvalue weighted by molar-refractivity contribution is 5.38. The molecular formula is C15H22N2O. The lowest BCUT2D eigenvalue weighted by Crippen LogP contribution is -2.45. The number of likely N-dealkylation sites (tertiary alicyclic amines) is 1. The number of ether oxygens (including phenoxy) is 1. The van der Waals surface area contributed by atoms with Crippen LogP contribution in [-0.2, 0) is 0 Å². The number of fused-ring (bicyclic) bond motifs is 1. The molecule has 1 saturated heterocycles. The fraction of sp³-hybridized carbons (Fsp3) is 0.600. The average molecular weight is 246 g/mol. The zero-order valence-electron chi connectivity index (χ0n) is 11.0. The van der Waals surface area contributed by atoms with E-state index in [4.69, 9.17) is 10.5 Å². The van der Waals surface area contributed by atoms with Crippen molar-refractivity contribution in [1.82, 2.24) is 4.90 Å². The summed E-state index contributed by atoms with van der Waals surface area (Å²) in [6, 6.07) is 9.36. The van der Waals surface area contributed by atoms with Gasteiger partial charge >= 0.3 is 0 Å². The maximum atomic E-state index is 6.00. The molecule has 0 saturated carbocycles. The quantitative estimate of drug-likeness (QED) is 0.825. The number of nitrogens with two attached hydrogens (primary N) is 1. The molecule has 1 fully saturated rings. The second kappa shape index (κ2) is 4.90. The highest BCUT2D eigenvalue weighted by atomic mass is 16.5. The molecular weight excluding hydrogens is 224 g/mol. The molecule has 2 aliphatic rings. The predicted octanol–water partition coefficient (Wildman–Crippen LogP) is 2.18. The Morgan fingerprint density at radius 2 is 1.94 bits per heavy atom. The zero-order valence-corrected chi connectivity index (χ0v) is 11.0. The summed E-state index contributed by atoms with van der Waals surface area (Å²) in [5, 5.41) is 0. The van der Waals surface area contributed by atoms with Crippen LogP contribution >= 0.6 is 0 Å². The standard InChI is InChI=1S/C15H22N2O/c1-11-10-18-14-5-3-2-4-13(14)15(11)17-8-6-12(16)7-9-17/h2-5,11-12,15H,6-10,16H2,1H3. The van der Waals surface area contributed by atoms with Crippen LogP contribution in [0.1, 0.15) is 31.4 Å². The van der Waals surface area contributed by atoms with Gasteiger partial charge in [-0.05, 0) is 18.9 Å². The fourth-order valence-corrected chi connectivity index (χ4v) is 3.23. The smallest absolute Gasteiger partial charge is 0.124 e. The highest BCUT2D eigenvalue weighted by Crippen LogP contribution is 2.39. The lowest BCUT2D eigenvalue weighted by molar-refractivity contribution is 0.0706. The van der Waals surface area contributed by atoms with Crippen molar-refractivity contribution in [2.45, 2.75) is 31.8 Å². The van der Waals surface area contributed by atoms with E-state index in [9.17, 15) is 0 Å². The highest BCUT2D eigenvalue weighted by Gasteiger charge is 2.33. The molecule has 2 N–H and O–H groups in total. The van der Waals surface area contributed by atoms with Crippen LogP contribution in [0.2, 0.25) is 0 Å². The largest absolute Gasteiger partial charge is 0.493 e.